The van der Waals surface area contributed by atoms with Gasteiger partial charge in [-0.1, -0.05) is 13.3 Å². The molecule has 16 heavy (non-hydrogen) atoms. The number of aryl methyl sites for hydroxylation is 2. The Labute approximate surface area is 95.4 Å². The second-order valence-electron chi connectivity index (χ2n) is 3.51. The highest BCUT2D eigenvalue weighted by atomic mass is 31.2. The minimum atomic E-state index is -4.89. The van der Waals surface area contributed by atoms with Crippen LogP contribution in [-0.4, -0.2) is 14.4 Å². The summed E-state index contributed by atoms with van der Waals surface area (Å²) in [4.78, 5) is 22.9. The molecule has 0 unspecified atom stereocenters. The third-order valence-electron chi connectivity index (χ3n) is 1.84. The van der Waals surface area contributed by atoms with E-state index in [-0.39, 0.29) is 0 Å². The van der Waals surface area contributed by atoms with Crippen LogP contribution in [0.4, 0.5) is 0 Å². The molecule has 0 spiro atoms. The summed E-state index contributed by atoms with van der Waals surface area (Å²) in [5.74, 6) is 0. The number of imidazole rings is 1. The Bertz CT molecular complexity index is 326. The summed E-state index contributed by atoms with van der Waals surface area (Å²) in [6.45, 7) is 3.39. The van der Waals surface area contributed by atoms with Gasteiger partial charge in [0.15, 0.2) is 0 Å². The number of hydrogen-bond donors (Lipinski definition) is 2. The second kappa shape index (κ2) is 7.57. The Kier molecular flexibility index (Phi) is 7.25. The topological polar surface area (TPSA) is 89.4 Å². The number of hydrogen-bond acceptors (Lipinski definition) is 2. The monoisotopic (exact) mass is 250 g/mol. The van der Waals surface area contributed by atoms with Crippen molar-refractivity contribution in [1.29, 1.82) is 0 Å². The minimum Gasteiger partial charge on any atom is -0.756 e. The molecule has 0 saturated carbocycles. The van der Waals surface area contributed by atoms with E-state index in [4.69, 9.17) is 19.2 Å². The Morgan fingerprint density at radius 2 is 2.00 bits per heavy atom. The predicted molar refractivity (Wildman–Crippen MR) is 57.2 cm³/mol. The molecule has 1 aromatic heterocycles. The van der Waals surface area contributed by atoms with Gasteiger partial charge >= 0.3 is 0 Å². The fourth-order valence-electron chi connectivity index (χ4n) is 1.18. The maximum atomic E-state index is 8.77. The van der Waals surface area contributed by atoms with Crippen LogP contribution in [0.3, 0.4) is 0 Å². The Hall–Kier alpha value is -0.680. The molecule has 1 rings (SSSR count). The first kappa shape index (κ1) is 15.3. The van der Waals surface area contributed by atoms with Gasteiger partial charge in [-0.25, -0.2) is 9.13 Å². The van der Waals surface area contributed by atoms with Crippen molar-refractivity contribution in [3.63, 3.8) is 0 Å². The van der Waals surface area contributed by atoms with E-state index in [1.165, 1.54) is 19.3 Å². The quantitative estimate of drug-likeness (QED) is 0.445. The first-order valence-electron chi connectivity index (χ1n) is 5.10. The Morgan fingerprint density at radius 3 is 2.38 bits per heavy atom. The molecule has 0 aromatic carbocycles. The SMILES string of the molecule is CCCCCn1cc[n+](C)c1.O=P([O-])(O)O. The lowest BCUT2D eigenvalue weighted by molar-refractivity contribution is -0.671. The zero-order valence-corrected chi connectivity index (χ0v) is 10.5. The van der Waals surface area contributed by atoms with Gasteiger partial charge in [-0.05, 0) is 12.8 Å². The first-order valence-corrected chi connectivity index (χ1v) is 6.63. The fraction of sp³-hybridized carbons (Fsp3) is 0.667. The van der Waals surface area contributed by atoms with Crippen LogP contribution in [0.1, 0.15) is 26.2 Å². The van der Waals surface area contributed by atoms with Crippen LogP contribution < -0.4 is 9.46 Å². The van der Waals surface area contributed by atoms with Crippen LogP contribution >= 0.6 is 7.82 Å². The molecule has 0 fully saturated rings. The molecule has 0 saturated heterocycles. The number of rotatable bonds is 4. The highest BCUT2D eigenvalue weighted by Gasteiger charge is 1.97. The van der Waals surface area contributed by atoms with Gasteiger partial charge in [0.05, 0.1) is 13.6 Å². The predicted octanol–water partition coefficient (Wildman–Crippen LogP) is -0.0578. The van der Waals surface area contributed by atoms with Crippen molar-refractivity contribution in [3.05, 3.63) is 18.7 Å². The van der Waals surface area contributed by atoms with Crippen LogP contribution in [-0.2, 0) is 18.2 Å². The molecule has 0 amide bonds. The van der Waals surface area contributed by atoms with Gasteiger partial charge in [0.2, 0.25) is 6.33 Å². The van der Waals surface area contributed by atoms with Gasteiger partial charge in [0.1, 0.15) is 12.4 Å². The van der Waals surface area contributed by atoms with Crippen LogP contribution in [0, 0.1) is 0 Å². The number of aromatic nitrogens is 2. The minimum absolute atomic E-state index is 1.16. The van der Waals surface area contributed by atoms with Gasteiger partial charge in [-0.3, -0.25) is 4.57 Å². The van der Waals surface area contributed by atoms with E-state index in [1.54, 1.807) is 0 Å². The zero-order valence-electron chi connectivity index (χ0n) is 9.61. The molecule has 0 atom stereocenters. The molecular weight excluding hydrogens is 231 g/mol. The molecule has 2 N–H and O–H groups in total. The van der Waals surface area contributed by atoms with E-state index in [0.29, 0.717) is 0 Å². The summed E-state index contributed by atoms with van der Waals surface area (Å²) in [6, 6.07) is 0. The molecule has 0 aliphatic rings. The summed E-state index contributed by atoms with van der Waals surface area (Å²) < 4.78 is 13.1. The summed E-state index contributed by atoms with van der Waals surface area (Å²) in [5.41, 5.74) is 0. The summed E-state index contributed by atoms with van der Waals surface area (Å²) in [5, 5.41) is 0. The average molecular weight is 250 g/mol. The molecule has 0 aliphatic heterocycles. The van der Waals surface area contributed by atoms with Crippen molar-refractivity contribution in [1.82, 2.24) is 4.57 Å². The van der Waals surface area contributed by atoms with E-state index in [9.17, 15) is 0 Å². The van der Waals surface area contributed by atoms with Crippen LogP contribution in [0.25, 0.3) is 0 Å². The van der Waals surface area contributed by atoms with Crippen LogP contribution in [0.2, 0.25) is 0 Å². The smallest absolute Gasteiger partial charge is 0.262 e. The van der Waals surface area contributed by atoms with Crippen LogP contribution in [0.15, 0.2) is 18.7 Å². The highest BCUT2D eigenvalue weighted by Crippen LogP contribution is 2.18. The molecule has 0 aliphatic carbocycles. The lowest BCUT2D eigenvalue weighted by atomic mass is 10.2. The van der Waals surface area contributed by atoms with E-state index in [2.05, 4.69) is 41.8 Å². The summed E-state index contributed by atoms with van der Waals surface area (Å²) in [7, 11) is -2.84. The normalized spacial score (nSPS) is 10.8. The summed E-state index contributed by atoms with van der Waals surface area (Å²) >= 11 is 0. The third-order valence-corrected chi connectivity index (χ3v) is 1.84. The zero-order chi connectivity index (χ0) is 12.6. The van der Waals surface area contributed by atoms with E-state index < -0.39 is 7.82 Å². The van der Waals surface area contributed by atoms with Gasteiger partial charge < -0.3 is 14.7 Å². The highest BCUT2D eigenvalue weighted by molar-refractivity contribution is 7.43. The molecule has 94 valence electrons. The standard InChI is InChI=1S/C9H17N2.H3O4P/c1-3-4-5-6-11-8-7-10(2)9-11;1-5(2,3)4/h7-9H,3-6H2,1-2H3;(H3,1,2,3,4)/q+1;/p-1. The Morgan fingerprint density at radius 1 is 1.44 bits per heavy atom. The van der Waals surface area contributed by atoms with Gasteiger partial charge in [0, 0.05) is 0 Å². The first-order chi connectivity index (χ1) is 7.33. The van der Waals surface area contributed by atoms with Gasteiger partial charge in [-0.15, -0.1) is 0 Å². The molecule has 7 heteroatoms. The van der Waals surface area contributed by atoms with Crippen LogP contribution in [0.5, 0.6) is 0 Å². The summed E-state index contributed by atoms with van der Waals surface area (Å²) in [6.07, 6.45) is 10.2. The number of unbranched alkanes of at least 4 members (excludes halogenated alkanes) is 2. The number of phosphoric acid groups is 1. The molecule has 1 heterocycles. The molecule has 6 nitrogen and oxygen atoms in total. The van der Waals surface area contributed by atoms with Crippen molar-refractivity contribution in [2.24, 2.45) is 7.05 Å². The van der Waals surface area contributed by atoms with Gasteiger partial charge in [0.25, 0.3) is 7.82 Å². The molecule has 0 bridgehead atoms. The van der Waals surface area contributed by atoms with Crippen molar-refractivity contribution >= 4 is 7.82 Å². The number of nitrogens with zero attached hydrogens (tertiary/aromatic N) is 2. The average Bonchev–Trinajstić information content (AvgIpc) is 2.49. The maximum Gasteiger partial charge on any atom is 0.262 e. The van der Waals surface area contributed by atoms with E-state index >= 15 is 0 Å². The Balaban J connectivity index is 0.000000385. The van der Waals surface area contributed by atoms with Crippen molar-refractivity contribution in [3.8, 4) is 0 Å². The maximum absolute atomic E-state index is 8.77. The fourth-order valence-corrected chi connectivity index (χ4v) is 1.18. The van der Waals surface area contributed by atoms with E-state index in [1.807, 2.05) is 0 Å². The van der Waals surface area contributed by atoms with Crippen molar-refractivity contribution in [2.45, 2.75) is 32.7 Å². The third kappa shape index (κ3) is 11.4. The van der Waals surface area contributed by atoms with E-state index in [0.717, 1.165) is 6.54 Å². The second-order valence-corrected chi connectivity index (χ2v) is 4.50. The van der Waals surface area contributed by atoms with Crippen molar-refractivity contribution < 1.29 is 23.8 Å². The lowest BCUT2D eigenvalue weighted by Gasteiger charge is -2.01. The molecule has 1 aromatic rings. The largest absolute Gasteiger partial charge is 0.756 e. The molecule has 0 radical (unpaired) electrons. The van der Waals surface area contributed by atoms with Gasteiger partial charge in [-0.2, -0.15) is 0 Å². The van der Waals surface area contributed by atoms with Crippen molar-refractivity contribution in [2.75, 3.05) is 0 Å². The lowest BCUT2D eigenvalue weighted by Crippen LogP contribution is -2.23. The molecular formula is C9H19N2O4P.